The zero-order chi connectivity index (χ0) is 18.6. The molecule has 1 aliphatic carbocycles. The van der Waals surface area contributed by atoms with Gasteiger partial charge in [0.1, 0.15) is 0 Å². The fourth-order valence-corrected chi connectivity index (χ4v) is 3.86. The molecule has 27 heavy (non-hydrogen) atoms. The van der Waals surface area contributed by atoms with E-state index in [-0.39, 0.29) is 5.91 Å². The summed E-state index contributed by atoms with van der Waals surface area (Å²) >= 11 is 1.42. The zero-order valence-corrected chi connectivity index (χ0v) is 15.9. The van der Waals surface area contributed by atoms with Gasteiger partial charge in [0.05, 0.1) is 12.0 Å². The van der Waals surface area contributed by atoms with E-state index >= 15 is 0 Å². The van der Waals surface area contributed by atoms with Crippen LogP contribution < -0.4 is 0 Å². The van der Waals surface area contributed by atoms with Crippen LogP contribution in [0.3, 0.4) is 0 Å². The van der Waals surface area contributed by atoms with Gasteiger partial charge in [0.15, 0.2) is 16.7 Å². The topological polar surface area (TPSA) is 77.1 Å². The molecule has 0 spiro atoms. The number of hydrogen-bond acceptors (Lipinski definition) is 6. The smallest absolute Gasteiger partial charge is 0.233 e. The molecule has 0 radical (unpaired) electrons. The Morgan fingerprint density at radius 2 is 2.22 bits per heavy atom. The summed E-state index contributed by atoms with van der Waals surface area (Å²) < 4.78 is 7.40. The summed E-state index contributed by atoms with van der Waals surface area (Å²) in [6.07, 6.45) is 7.33. The van der Waals surface area contributed by atoms with Gasteiger partial charge in [0, 0.05) is 31.5 Å². The van der Waals surface area contributed by atoms with Crippen LogP contribution in [0.1, 0.15) is 25.3 Å². The van der Waals surface area contributed by atoms with Crippen molar-refractivity contribution in [1.82, 2.24) is 24.6 Å². The third-order valence-electron chi connectivity index (χ3n) is 4.48. The summed E-state index contributed by atoms with van der Waals surface area (Å²) in [5.41, 5.74) is 1.06. The summed E-state index contributed by atoms with van der Waals surface area (Å²) in [7, 11) is 0. The van der Waals surface area contributed by atoms with Gasteiger partial charge in [-0.1, -0.05) is 17.8 Å². The summed E-state index contributed by atoms with van der Waals surface area (Å²) in [6, 6.07) is 7.94. The molecule has 0 aromatic carbocycles. The van der Waals surface area contributed by atoms with Crippen LogP contribution in [0.5, 0.6) is 0 Å². The van der Waals surface area contributed by atoms with Crippen molar-refractivity contribution in [3.63, 3.8) is 0 Å². The van der Waals surface area contributed by atoms with E-state index < -0.39 is 0 Å². The number of aromatic nitrogens is 4. The normalized spacial score (nSPS) is 13.7. The minimum absolute atomic E-state index is 0.122. The van der Waals surface area contributed by atoms with Crippen LogP contribution in [0.25, 0.3) is 11.6 Å². The van der Waals surface area contributed by atoms with E-state index in [1.807, 2.05) is 46.9 Å². The minimum atomic E-state index is 0.122. The minimum Gasteiger partial charge on any atom is -0.461 e. The number of carbonyl (C=O) groups excluding carboxylic acids is 1. The predicted octanol–water partition coefficient (Wildman–Crippen LogP) is 3.24. The van der Waals surface area contributed by atoms with Crippen molar-refractivity contribution in [2.45, 2.75) is 44.1 Å². The fraction of sp³-hybridized carbons (Fsp3) is 0.368. The van der Waals surface area contributed by atoms with E-state index in [0.717, 1.165) is 23.6 Å². The van der Waals surface area contributed by atoms with Crippen LogP contribution in [0.15, 0.2) is 52.5 Å². The van der Waals surface area contributed by atoms with Gasteiger partial charge in [0.25, 0.3) is 0 Å². The molecule has 1 aliphatic rings. The first-order chi connectivity index (χ1) is 13.3. The molecular formula is C19H21N5O2S. The van der Waals surface area contributed by atoms with Crippen LogP contribution in [0, 0.1) is 0 Å². The van der Waals surface area contributed by atoms with E-state index in [9.17, 15) is 4.79 Å². The Kier molecular flexibility index (Phi) is 5.24. The maximum Gasteiger partial charge on any atom is 0.233 e. The Labute approximate surface area is 161 Å². The Balaban J connectivity index is 1.44. The molecule has 1 fully saturated rings. The van der Waals surface area contributed by atoms with Crippen molar-refractivity contribution < 1.29 is 9.21 Å². The molecule has 3 aromatic heterocycles. The Morgan fingerprint density at radius 3 is 2.89 bits per heavy atom. The van der Waals surface area contributed by atoms with E-state index in [2.05, 4.69) is 15.2 Å². The summed E-state index contributed by atoms with van der Waals surface area (Å²) in [5.74, 6) is 1.83. The summed E-state index contributed by atoms with van der Waals surface area (Å²) in [6.45, 7) is 3.35. The molecule has 140 valence electrons. The number of hydrogen-bond donors (Lipinski definition) is 0. The van der Waals surface area contributed by atoms with Crippen molar-refractivity contribution in [2.24, 2.45) is 0 Å². The van der Waals surface area contributed by atoms with Crippen molar-refractivity contribution >= 4 is 17.7 Å². The van der Waals surface area contributed by atoms with Crippen molar-refractivity contribution in [1.29, 1.82) is 0 Å². The van der Waals surface area contributed by atoms with Gasteiger partial charge < -0.3 is 9.32 Å². The number of carbonyl (C=O) groups is 1. The molecule has 8 heteroatoms. The molecule has 1 amide bonds. The average Bonchev–Trinajstić information content (AvgIpc) is 3.23. The summed E-state index contributed by atoms with van der Waals surface area (Å²) in [5, 5.41) is 9.22. The largest absolute Gasteiger partial charge is 0.461 e. The molecule has 0 N–H and O–H groups in total. The molecule has 0 atom stereocenters. The highest BCUT2D eigenvalue weighted by atomic mass is 32.2. The highest BCUT2D eigenvalue weighted by Crippen LogP contribution is 2.30. The van der Waals surface area contributed by atoms with Gasteiger partial charge >= 0.3 is 0 Å². The Hall–Kier alpha value is -2.61. The molecule has 7 nitrogen and oxygen atoms in total. The lowest BCUT2D eigenvalue weighted by Gasteiger charge is -2.22. The van der Waals surface area contributed by atoms with Crippen LogP contribution in [-0.2, 0) is 17.9 Å². The molecular weight excluding hydrogens is 362 g/mol. The molecule has 1 saturated carbocycles. The van der Waals surface area contributed by atoms with Gasteiger partial charge in [-0.25, -0.2) is 0 Å². The van der Waals surface area contributed by atoms with Crippen LogP contribution >= 0.6 is 11.8 Å². The number of amides is 1. The first-order valence-corrected chi connectivity index (χ1v) is 10.0. The second kappa shape index (κ2) is 7.96. The second-order valence-electron chi connectivity index (χ2n) is 6.43. The van der Waals surface area contributed by atoms with E-state index in [1.54, 1.807) is 12.5 Å². The highest BCUT2D eigenvalue weighted by Gasteiger charge is 2.32. The van der Waals surface area contributed by atoms with Crippen molar-refractivity contribution in [2.75, 3.05) is 5.75 Å². The maximum absolute atomic E-state index is 12.8. The number of pyridine rings is 1. The standard InChI is InChI=1S/C19H21N5O2S/c1-2-23-18(16-6-4-10-26-16)21-22-19(23)27-13-17(25)24(15-7-8-15)12-14-5-3-9-20-11-14/h3-6,9-11,15H,2,7-8,12-13H2,1H3. The Bertz CT molecular complexity index is 890. The highest BCUT2D eigenvalue weighted by molar-refractivity contribution is 7.99. The lowest BCUT2D eigenvalue weighted by molar-refractivity contribution is -0.129. The SMILES string of the molecule is CCn1c(SCC(=O)N(Cc2cccnc2)C2CC2)nnc1-c1ccco1. The van der Waals surface area contributed by atoms with Crippen LogP contribution in [0.2, 0.25) is 0 Å². The Morgan fingerprint density at radius 1 is 1.33 bits per heavy atom. The lowest BCUT2D eigenvalue weighted by Crippen LogP contribution is -2.34. The molecule has 0 aliphatic heterocycles. The molecule has 0 unspecified atom stereocenters. The monoisotopic (exact) mass is 383 g/mol. The third-order valence-corrected chi connectivity index (χ3v) is 5.43. The van der Waals surface area contributed by atoms with E-state index in [0.29, 0.717) is 36.5 Å². The zero-order valence-electron chi connectivity index (χ0n) is 15.1. The number of rotatable bonds is 8. The lowest BCUT2D eigenvalue weighted by atomic mass is 10.2. The van der Waals surface area contributed by atoms with Gasteiger partial charge in [-0.2, -0.15) is 0 Å². The molecule has 0 bridgehead atoms. The molecule has 3 heterocycles. The number of furan rings is 1. The first-order valence-electron chi connectivity index (χ1n) is 9.04. The molecule has 0 saturated heterocycles. The van der Waals surface area contributed by atoms with Crippen LogP contribution in [0.4, 0.5) is 0 Å². The number of thioether (sulfide) groups is 1. The van der Waals surface area contributed by atoms with Crippen molar-refractivity contribution in [3.8, 4) is 11.6 Å². The van der Waals surface area contributed by atoms with Gasteiger partial charge in [-0.3, -0.25) is 14.3 Å². The fourth-order valence-electron chi connectivity index (χ4n) is 2.97. The van der Waals surface area contributed by atoms with Gasteiger partial charge in [0.2, 0.25) is 5.91 Å². The maximum atomic E-state index is 12.8. The average molecular weight is 383 g/mol. The third kappa shape index (κ3) is 4.05. The quantitative estimate of drug-likeness (QED) is 0.556. The predicted molar refractivity (Wildman–Crippen MR) is 102 cm³/mol. The molecule has 3 aromatic rings. The van der Waals surface area contributed by atoms with Gasteiger partial charge in [-0.05, 0) is 43.5 Å². The summed E-state index contributed by atoms with van der Waals surface area (Å²) in [4.78, 5) is 19.0. The number of nitrogens with zero attached hydrogens (tertiary/aromatic N) is 5. The first kappa shape index (κ1) is 17.8. The molecule has 4 rings (SSSR count). The van der Waals surface area contributed by atoms with E-state index in [1.165, 1.54) is 11.8 Å². The van der Waals surface area contributed by atoms with Gasteiger partial charge in [-0.15, -0.1) is 10.2 Å². The van der Waals surface area contributed by atoms with Crippen molar-refractivity contribution in [3.05, 3.63) is 48.5 Å². The van der Waals surface area contributed by atoms with E-state index in [4.69, 9.17) is 4.42 Å². The second-order valence-corrected chi connectivity index (χ2v) is 7.37. The van der Waals surface area contributed by atoms with Crippen LogP contribution in [-0.4, -0.2) is 42.4 Å².